The molecule has 0 aliphatic carbocycles. The SMILES string of the molecule is CC1CC(C(=O)NCCc2ccnn2C)CCN1. The van der Waals surface area contributed by atoms with E-state index in [9.17, 15) is 4.79 Å². The monoisotopic (exact) mass is 250 g/mol. The minimum Gasteiger partial charge on any atom is -0.355 e. The van der Waals surface area contributed by atoms with E-state index in [-0.39, 0.29) is 11.8 Å². The number of piperidine rings is 1. The van der Waals surface area contributed by atoms with E-state index in [1.54, 1.807) is 6.20 Å². The van der Waals surface area contributed by atoms with Gasteiger partial charge < -0.3 is 10.6 Å². The summed E-state index contributed by atoms with van der Waals surface area (Å²) in [6.07, 6.45) is 4.51. The first kappa shape index (κ1) is 13.1. The fourth-order valence-electron chi connectivity index (χ4n) is 2.47. The van der Waals surface area contributed by atoms with Crippen LogP contribution >= 0.6 is 0 Å². The van der Waals surface area contributed by atoms with Crippen molar-refractivity contribution in [3.05, 3.63) is 18.0 Å². The number of hydrogen-bond donors (Lipinski definition) is 2. The zero-order chi connectivity index (χ0) is 13.0. The summed E-state index contributed by atoms with van der Waals surface area (Å²) in [5.41, 5.74) is 1.15. The fourth-order valence-corrected chi connectivity index (χ4v) is 2.47. The highest BCUT2D eigenvalue weighted by molar-refractivity contribution is 5.78. The van der Waals surface area contributed by atoms with Crippen molar-refractivity contribution >= 4 is 5.91 Å². The summed E-state index contributed by atoms with van der Waals surface area (Å²) < 4.78 is 1.85. The normalized spacial score (nSPS) is 23.9. The molecular formula is C13H22N4O. The summed E-state index contributed by atoms with van der Waals surface area (Å²) in [6, 6.07) is 2.44. The highest BCUT2D eigenvalue weighted by Gasteiger charge is 2.24. The summed E-state index contributed by atoms with van der Waals surface area (Å²) in [4.78, 5) is 12.0. The average molecular weight is 250 g/mol. The topological polar surface area (TPSA) is 59.0 Å². The van der Waals surface area contributed by atoms with Crippen molar-refractivity contribution in [3.63, 3.8) is 0 Å². The molecule has 1 aromatic heterocycles. The Morgan fingerprint density at radius 2 is 2.50 bits per heavy atom. The lowest BCUT2D eigenvalue weighted by molar-refractivity contribution is -0.126. The van der Waals surface area contributed by atoms with Gasteiger partial charge in [-0.25, -0.2) is 0 Å². The maximum Gasteiger partial charge on any atom is 0.223 e. The van der Waals surface area contributed by atoms with Crippen LogP contribution in [0.2, 0.25) is 0 Å². The zero-order valence-electron chi connectivity index (χ0n) is 11.1. The van der Waals surface area contributed by atoms with Crippen LogP contribution in [0.5, 0.6) is 0 Å². The Labute approximate surface area is 108 Å². The minimum atomic E-state index is 0.174. The van der Waals surface area contributed by atoms with Crippen LogP contribution in [0.1, 0.15) is 25.5 Å². The van der Waals surface area contributed by atoms with E-state index in [1.807, 2.05) is 17.8 Å². The van der Waals surface area contributed by atoms with Crippen molar-refractivity contribution in [3.8, 4) is 0 Å². The predicted octanol–water partition coefficient (Wildman–Crippen LogP) is 0.467. The van der Waals surface area contributed by atoms with Gasteiger partial charge in [-0.05, 0) is 32.4 Å². The fraction of sp³-hybridized carbons (Fsp3) is 0.692. The van der Waals surface area contributed by atoms with Gasteiger partial charge in [0.1, 0.15) is 0 Å². The highest BCUT2D eigenvalue weighted by atomic mass is 16.1. The van der Waals surface area contributed by atoms with E-state index in [4.69, 9.17) is 0 Å². The lowest BCUT2D eigenvalue weighted by Gasteiger charge is -2.27. The summed E-state index contributed by atoms with van der Waals surface area (Å²) in [5, 5.41) is 10.5. The second-order valence-corrected chi connectivity index (χ2v) is 5.06. The van der Waals surface area contributed by atoms with Crippen molar-refractivity contribution in [2.45, 2.75) is 32.2 Å². The van der Waals surface area contributed by atoms with Gasteiger partial charge in [0.15, 0.2) is 0 Å². The van der Waals surface area contributed by atoms with E-state index in [1.165, 1.54) is 0 Å². The molecule has 100 valence electrons. The molecule has 2 atom stereocenters. The van der Waals surface area contributed by atoms with E-state index < -0.39 is 0 Å². The first-order valence-corrected chi connectivity index (χ1v) is 6.65. The Morgan fingerprint density at radius 1 is 1.67 bits per heavy atom. The Bertz CT molecular complexity index is 401. The van der Waals surface area contributed by atoms with Crippen LogP contribution in [-0.2, 0) is 18.3 Å². The Morgan fingerprint density at radius 3 is 3.17 bits per heavy atom. The van der Waals surface area contributed by atoms with E-state index in [2.05, 4.69) is 22.7 Å². The molecule has 2 rings (SSSR count). The third-order valence-electron chi connectivity index (χ3n) is 3.60. The molecule has 1 aliphatic rings. The molecule has 2 N–H and O–H groups in total. The number of rotatable bonds is 4. The number of aromatic nitrogens is 2. The van der Waals surface area contributed by atoms with Gasteiger partial charge in [0.25, 0.3) is 0 Å². The van der Waals surface area contributed by atoms with Crippen molar-refractivity contribution in [2.24, 2.45) is 13.0 Å². The molecule has 5 nitrogen and oxygen atoms in total. The van der Waals surface area contributed by atoms with Gasteiger partial charge >= 0.3 is 0 Å². The Balaban J connectivity index is 1.73. The summed E-state index contributed by atoms with van der Waals surface area (Å²) >= 11 is 0. The molecule has 0 radical (unpaired) electrons. The smallest absolute Gasteiger partial charge is 0.223 e. The number of carbonyl (C=O) groups is 1. The molecule has 0 bridgehead atoms. The number of nitrogens with one attached hydrogen (secondary N) is 2. The van der Waals surface area contributed by atoms with E-state index in [0.717, 1.165) is 31.5 Å². The van der Waals surface area contributed by atoms with Gasteiger partial charge in [0.2, 0.25) is 5.91 Å². The van der Waals surface area contributed by atoms with E-state index >= 15 is 0 Å². The summed E-state index contributed by atoms with van der Waals surface area (Å²) in [7, 11) is 1.92. The molecule has 1 fully saturated rings. The maximum absolute atomic E-state index is 12.0. The standard InChI is InChI=1S/C13H22N4O/c1-10-9-11(3-6-14-10)13(18)15-7-4-12-5-8-16-17(12)2/h5,8,10-11,14H,3-4,6-7,9H2,1-2H3,(H,15,18). The van der Waals surface area contributed by atoms with Crippen LogP contribution in [0.15, 0.2) is 12.3 Å². The predicted molar refractivity (Wildman–Crippen MR) is 70.1 cm³/mol. The number of amides is 1. The van der Waals surface area contributed by atoms with Crippen LogP contribution in [-0.4, -0.2) is 34.8 Å². The minimum absolute atomic E-state index is 0.174. The van der Waals surface area contributed by atoms with Gasteiger partial charge in [-0.1, -0.05) is 0 Å². The molecular weight excluding hydrogens is 228 g/mol. The quantitative estimate of drug-likeness (QED) is 0.816. The third-order valence-corrected chi connectivity index (χ3v) is 3.60. The number of nitrogens with zero attached hydrogens (tertiary/aromatic N) is 2. The molecule has 0 spiro atoms. The van der Waals surface area contributed by atoms with Gasteiger partial charge in [-0.3, -0.25) is 9.48 Å². The highest BCUT2D eigenvalue weighted by Crippen LogP contribution is 2.15. The first-order chi connectivity index (χ1) is 8.66. The lowest BCUT2D eigenvalue weighted by Crippen LogP contribution is -2.42. The Hall–Kier alpha value is -1.36. The van der Waals surface area contributed by atoms with Gasteiger partial charge in [0.05, 0.1) is 0 Å². The number of carbonyl (C=O) groups excluding carboxylic acids is 1. The molecule has 2 unspecified atom stereocenters. The van der Waals surface area contributed by atoms with E-state index in [0.29, 0.717) is 12.6 Å². The zero-order valence-corrected chi connectivity index (χ0v) is 11.1. The summed E-state index contributed by atoms with van der Waals surface area (Å²) in [6.45, 7) is 3.77. The lowest BCUT2D eigenvalue weighted by atomic mass is 9.92. The van der Waals surface area contributed by atoms with Gasteiger partial charge in [-0.2, -0.15) is 5.10 Å². The van der Waals surface area contributed by atoms with Crippen LogP contribution < -0.4 is 10.6 Å². The number of aryl methyl sites for hydroxylation is 1. The molecule has 0 saturated carbocycles. The third kappa shape index (κ3) is 3.32. The van der Waals surface area contributed by atoms with Crippen LogP contribution in [0.3, 0.4) is 0 Å². The van der Waals surface area contributed by atoms with Crippen molar-refractivity contribution in [1.29, 1.82) is 0 Å². The average Bonchev–Trinajstić information content (AvgIpc) is 2.75. The van der Waals surface area contributed by atoms with Crippen molar-refractivity contribution in [2.75, 3.05) is 13.1 Å². The molecule has 5 heteroatoms. The molecule has 1 amide bonds. The Kier molecular flexibility index (Phi) is 4.36. The second-order valence-electron chi connectivity index (χ2n) is 5.06. The summed E-state index contributed by atoms with van der Waals surface area (Å²) in [5.74, 6) is 0.373. The van der Waals surface area contributed by atoms with Crippen LogP contribution in [0.4, 0.5) is 0 Å². The molecule has 0 aromatic carbocycles. The second kappa shape index (κ2) is 6.00. The van der Waals surface area contributed by atoms with Gasteiger partial charge in [0, 0.05) is 43.9 Å². The first-order valence-electron chi connectivity index (χ1n) is 6.65. The van der Waals surface area contributed by atoms with Gasteiger partial charge in [-0.15, -0.1) is 0 Å². The van der Waals surface area contributed by atoms with Crippen LogP contribution in [0, 0.1) is 5.92 Å². The van der Waals surface area contributed by atoms with Crippen molar-refractivity contribution < 1.29 is 4.79 Å². The molecule has 18 heavy (non-hydrogen) atoms. The maximum atomic E-state index is 12.0. The number of hydrogen-bond acceptors (Lipinski definition) is 3. The molecule has 1 aromatic rings. The largest absolute Gasteiger partial charge is 0.355 e. The van der Waals surface area contributed by atoms with Crippen molar-refractivity contribution in [1.82, 2.24) is 20.4 Å². The van der Waals surface area contributed by atoms with Crippen LogP contribution in [0.25, 0.3) is 0 Å². The molecule has 1 saturated heterocycles. The molecule has 1 aliphatic heterocycles. The molecule has 2 heterocycles.